The van der Waals surface area contributed by atoms with Crippen LogP contribution in [0, 0.1) is 17.8 Å². The predicted molar refractivity (Wildman–Crippen MR) is 52.1 cm³/mol. The molecule has 0 aromatic heterocycles. The lowest BCUT2D eigenvalue weighted by atomic mass is 9.76. The van der Waals surface area contributed by atoms with Crippen LogP contribution in [0.3, 0.4) is 0 Å². The molecule has 5 atom stereocenters. The molecular weight excluding hydrogens is 148 g/mol. The third kappa shape index (κ3) is 1.66. The van der Waals surface area contributed by atoms with Crippen molar-refractivity contribution in [2.45, 2.75) is 53.2 Å². The van der Waals surface area contributed by atoms with E-state index in [0.717, 1.165) is 18.3 Å². The number of ether oxygens (including phenoxy) is 1. The van der Waals surface area contributed by atoms with E-state index in [2.05, 4.69) is 34.6 Å². The van der Waals surface area contributed by atoms with Crippen molar-refractivity contribution in [3.63, 3.8) is 0 Å². The summed E-state index contributed by atoms with van der Waals surface area (Å²) in [6, 6.07) is 0. The highest BCUT2D eigenvalue weighted by molar-refractivity contribution is 4.83. The molecular formula is C11H22O. The van der Waals surface area contributed by atoms with Crippen molar-refractivity contribution >= 4 is 0 Å². The fraction of sp³-hybridized carbons (Fsp3) is 1.00. The number of rotatable bonds is 1. The Hall–Kier alpha value is -0.0400. The Morgan fingerprint density at radius 3 is 2.00 bits per heavy atom. The van der Waals surface area contributed by atoms with E-state index < -0.39 is 0 Å². The fourth-order valence-corrected chi connectivity index (χ4v) is 2.24. The summed E-state index contributed by atoms with van der Waals surface area (Å²) in [5.41, 5.74) is 0. The Kier molecular flexibility index (Phi) is 3.16. The van der Waals surface area contributed by atoms with Gasteiger partial charge in [-0.1, -0.05) is 27.7 Å². The quantitative estimate of drug-likeness (QED) is 0.587. The van der Waals surface area contributed by atoms with Gasteiger partial charge in [0.2, 0.25) is 0 Å². The lowest BCUT2D eigenvalue weighted by molar-refractivity contribution is -0.125. The molecule has 0 radical (unpaired) electrons. The minimum atomic E-state index is 0.446. The van der Waals surface area contributed by atoms with E-state index in [9.17, 15) is 0 Å². The highest BCUT2D eigenvalue weighted by atomic mass is 16.5. The molecule has 0 aliphatic carbocycles. The molecule has 0 N–H and O–H groups in total. The van der Waals surface area contributed by atoms with Gasteiger partial charge in [0, 0.05) is 0 Å². The van der Waals surface area contributed by atoms with Crippen LogP contribution < -0.4 is 0 Å². The summed E-state index contributed by atoms with van der Waals surface area (Å²) in [6.45, 7) is 11.4. The lowest BCUT2D eigenvalue weighted by Gasteiger charge is -2.42. The van der Waals surface area contributed by atoms with Gasteiger partial charge in [-0.05, 0) is 31.1 Å². The highest BCUT2D eigenvalue weighted by Gasteiger charge is 2.35. The molecule has 1 aliphatic rings. The molecule has 1 heteroatoms. The average Bonchev–Trinajstić information content (AvgIpc) is 2.08. The highest BCUT2D eigenvalue weighted by Crippen LogP contribution is 2.35. The third-order valence-electron chi connectivity index (χ3n) is 3.78. The molecule has 12 heavy (non-hydrogen) atoms. The van der Waals surface area contributed by atoms with Crippen molar-refractivity contribution in [1.82, 2.24) is 0 Å². The maximum Gasteiger partial charge on any atom is 0.0604 e. The number of hydrogen-bond acceptors (Lipinski definition) is 1. The van der Waals surface area contributed by atoms with Gasteiger partial charge < -0.3 is 4.74 Å². The molecule has 1 saturated heterocycles. The Morgan fingerprint density at radius 2 is 1.50 bits per heavy atom. The minimum absolute atomic E-state index is 0.446. The Labute approximate surface area is 76.5 Å². The maximum atomic E-state index is 5.93. The molecule has 0 spiro atoms. The van der Waals surface area contributed by atoms with Crippen molar-refractivity contribution in [3.05, 3.63) is 0 Å². The van der Waals surface area contributed by atoms with Crippen LogP contribution in [0.1, 0.15) is 41.0 Å². The second kappa shape index (κ2) is 3.78. The van der Waals surface area contributed by atoms with E-state index in [1.165, 1.54) is 0 Å². The van der Waals surface area contributed by atoms with Gasteiger partial charge in [0.1, 0.15) is 0 Å². The van der Waals surface area contributed by atoms with E-state index >= 15 is 0 Å². The SMILES string of the molecule is CC[C@H]1O[C@H](C)[C@H](C)[C@H](C)[C@H]1C. The monoisotopic (exact) mass is 170 g/mol. The first-order valence-corrected chi connectivity index (χ1v) is 5.23. The van der Waals surface area contributed by atoms with Crippen LogP contribution in [0.2, 0.25) is 0 Å². The number of hydrogen-bond donors (Lipinski definition) is 0. The molecule has 1 rings (SSSR count). The second-order valence-corrected chi connectivity index (χ2v) is 4.37. The molecule has 0 saturated carbocycles. The Bertz CT molecular complexity index is 139. The van der Waals surface area contributed by atoms with Gasteiger partial charge in [-0.25, -0.2) is 0 Å². The lowest BCUT2D eigenvalue weighted by Crippen LogP contribution is -2.42. The summed E-state index contributed by atoms with van der Waals surface area (Å²) in [5.74, 6) is 2.24. The van der Waals surface area contributed by atoms with E-state index in [1.54, 1.807) is 0 Å². The molecule has 0 unspecified atom stereocenters. The van der Waals surface area contributed by atoms with E-state index in [4.69, 9.17) is 4.74 Å². The summed E-state index contributed by atoms with van der Waals surface area (Å²) in [4.78, 5) is 0. The third-order valence-corrected chi connectivity index (χ3v) is 3.78. The molecule has 0 aromatic carbocycles. The Morgan fingerprint density at radius 1 is 0.917 bits per heavy atom. The average molecular weight is 170 g/mol. The molecule has 1 fully saturated rings. The van der Waals surface area contributed by atoms with Crippen LogP contribution >= 0.6 is 0 Å². The molecule has 72 valence electrons. The van der Waals surface area contributed by atoms with Crippen molar-refractivity contribution < 1.29 is 4.74 Å². The smallest absolute Gasteiger partial charge is 0.0604 e. The van der Waals surface area contributed by atoms with Gasteiger partial charge in [0.05, 0.1) is 12.2 Å². The zero-order valence-corrected chi connectivity index (χ0v) is 9.00. The zero-order valence-electron chi connectivity index (χ0n) is 9.00. The van der Waals surface area contributed by atoms with Crippen molar-refractivity contribution in [1.29, 1.82) is 0 Å². The minimum Gasteiger partial charge on any atom is -0.375 e. The largest absolute Gasteiger partial charge is 0.375 e. The van der Waals surface area contributed by atoms with Gasteiger partial charge in [0.25, 0.3) is 0 Å². The summed E-state index contributed by atoms with van der Waals surface area (Å²) in [5, 5.41) is 0. The van der Waals surface area contributed by atoms with E-state index in [0.29, 0.717) is 18.1 Å². The normalized spacial score (nSPS) is 49.2. The van der Waals surface area contributed by atoms with Crippen LogP contribution in [-0.2, 0) is 4.74 Å². The molecule has 0 bridgehead atoms. The summed E-state index contributed by atoms with van der Waals surface area (Å²) >= 11 is 0. The standard InChI is InChI=1S/C11H22O/c1-6-11-9(4)7(2)8(3)10(5)12-11/h7-11H,6H2,1-5H3/t7-,8+,9+,10+,11+/m0/s1. The van der Waals surface area contributed by atoms with Crippen LogP contribution in [0.25, 0.3) is 0 Å². The topological polar surface area (TPSA) is 9.23 Å². The van der Waals surface area contributed by atoms with Crippen LogP contribution in [0.5, 0.6) is 0 Å². The van der Waals surface area contributed by atoms with Gasteiger partial charge >= 0.3 is 0 Å². The first kappa shape index (κ1) is 10.0. The van der Waals surface area contributed by atoms with Crippen LogP contribution in [0.15, 0.2) is 0 Å². The van der Waals surface area contributed by atoms with Gasteiger partial charge in [-0.2, -0.15) is 0 Å². The maximum absolute atomic E-state index is 5.93. The van der Waals surface area contributed by atoms with E-state index in [-0.39, 0.29) is 0 Å². The first-order chi connectivity index (χ1) is 5.57. The van der Waals surface area contributed by atoms with Crippen molar-refractivity contribution in [2.75, 3.05) is 0 Å². The fourth-order valence-electron chi connectivity index (χ4n) is 2.24. The van der Waals surface area contributed by atoms with Crippen LogP contribution in [-0.4, -0.2) is 12.2 Å². The van der Waals surface area contributed by atoms with Gasteiger partial charge in [-0.3, -0.25) is 0 Å². The van der Waals surface area contributed by atoms with Gasteiger partial charge in [-0.15, -0.1) is 0 Å². The molecule has 0 amide bonds. The summed E-state index contributed by atoms with van der Waals surface area (Å²) < 4.78 is 5.93. The van der Waals surface area contributed by atoms with Crippen molar-refractivity contribution in [3.8, 4) is 0 Å². The second-order valence-electron chi connectivity index (χ2n) is 4.37. The Balaban J connectivity index is 2.63. The van der Waals surface area contributed by atoms with Gasteiger partial charge in [0.15, 0.2) is 0 Å². The molecule has 1 aliphatic heterocycles. The van der Waals surface area contributed by atoms with E-state index in [1.807, 2.05) is 0 Å². The van der Waals surface area contributed by atoms with Crippen LogP contribution in [0.4, 0.5) is 0 Å². The molecule has 0 aromatic rings. The summed E-state index contributed by atoms with van der Waals surface area (Å²) in [7, 11) is 0. The first-order valence-electron chi connectivity index (χ1n) is 5.23. The van der Waals surface area contributed by atoms with Crippen molar-refractivity contribution in [2.24, 2.45) is 17.8 Å². The predicted octanol–water partition coefficient (Wildman–Crippen LogP) is 3.09. The summed E-state index contributed by atoms with van der Waals surface area (Å²) in [6.07, 6.45) is 2.09. The zero-order chi connectivity index (χ0) is 9.30. The molecule has 1 nitrogen and oxygen atoms in total. The molecule has 1 heterocycles.